The third-order valence-corrected chi connectivity index (χ3v) is 4.22. The smallest absolute Gasteiger partial charge is 0.340 e. The van der Waals surface area contributed by atoms with Gasteiger partial charge >= 0.3 is 12.3 Å². The Bertz CT molecular complexity index is 1050. The molecule has 0 unspecified atom stereocenters. The number of carbonyl (C=O) groups excluding carboxylic acids is 1. The molecule has 0 aliphatic carbocycles. The van der Waals surface area contributed by atoms with E-state index in [0.717, 1.165) is 0 Å². The number of aryl methyl sites for hydroxylation is 1. The van der Waals surface area contributed by atoms with Crippen LogP contribution in [-0.2, 0) is 6.54 Å². The van der Waals surface area contributed by atoms with Crippen molar-refractivity contribution in [3.05, 3.63) is 47.7 Å². The number of aromatic nitrogens is 4. The molecule has 0 atom stereocenters. The van der Waals surface area contributed by atoms with Crippen molar-refractivity contribution in [3.63, 3.8) is 0 Å². The van der Waals surface area contributed by atoms with Gasteiger partial charge in [0.05, 0.1) is 29.3 Å². The summed E-state index contributed by atoms with van der Waals surface area (Å²) >= 11 is 0. The normalized spacial score (nSPS) is 11.8. The molecule has 160 valence electrons. The van der Waals surface area contributed by atoms with E-state index in [9.17, 15) is 22.4 Å². The van der Waals surface area contributed by atoms with E-state index in [1.807, 2.05) is 0 Å². The third kappa shape index (κ3) is 4.66. The minimum atomic E-state index is -4.24. The van der Waals surface area contributed by atoms with E-state index in [4.69, 9.17) is 4.74 Å². The number of nitrogens with zero attached hydrogens (tertiary/aromatic N) is 4. The van der Waals surface area contributed by atoms with Crippen LogP contribution in [0.1, 0.15) is 28.7 Å². The van der Waals surface area contributed by atoms with Gasteiger partial charge in [0.25, 0.3) is 5.91 Å². The van der Waals surface area contributed by atoms with Crippen molar-refractivity contribution in [1.29, 1.82) is 0 Å². The summed E-state index contributed by atoms with van der Waals surface area (Å²) in [5, 5.41) is 7.66. The Morgan fingerprint density at radius 3 is 2.77 bits per heavy atom. The molecule has 3 rings (SSSR count). The van der Waals surface area contributed by atoms with Crippen LogP contribution in [-0.4, -0.2) is 51.2 Å². The summed E-state index contributed by atoms with van der Waals surface area (Å²) in [6.07, 6.45) is 0.556. The van der Waals surface area contributed by atoms with Gasteiger partial charge in [0.2, 0.25) is 0 Å². The van der Waals surface area contributed by atoms with Gasteiger partial charge in [-0.15, -0.1) is 0 Å². The Kier molecular flexibility index (Phi) is 6.18. The molecule has 3 aromatic rings. The Hall–Kier alpha value is -3.24. The topological polar surface area (TPSA) is 81.9 Å². The van der Waals surface area contributed by atoms with E-state index in [0.29, 0.717) is 28.7 Å². The van der Waals surface area contributed by atoms with Crippen LogP contribution in [0.3, 0.4) is 0 Å². The maximum Gasteiger partial charge on any atom is 0.340 e. The Morgan fingerprint density at radius 1 is 1.33 bits per heavy atom. The lowest BCUT2D eigenvalue weighted by Crippen LogP contribution is -2.33. The van der Waals surface area contributed by atoms with Gasteiger partial charge in [-0.05, 0) is 31.5 Å². The number of nitrogens with one attached hydrogen (secondary N) is 1. The second kappa shape index (κ2) is 8.64. The van der Waals surface area contributed by atoms with Crippen LogP contribution in [0.2, 0.25) is 0 Å². The van der Waals surface area contributed by atoms with Gasteiger partial charge in [0.15, 0.2) is 6.61 Å². The predicted octanol–water partition coefficient (Wildman–Crippen LogP) is 3.21. The lowest BCUT2D eigenvalue weighted by molar-refractivity contribution is -0.148. The highest BCUT2D eigenvalue weighted by molar-refractivity contribution is 6.04. The number of fused-ring (bicyclic) bond motifs is 1. The summed E-state index contributed by atoms with van der Waals surface area (Å²) in [7, 11) is 0. The number of ether oxygens (including phenoxy) is 1. The molecular weight excluding hydrogens is 406 g/mol. The monoisotopic (exact) mass is 425 g/mol. The highest BCUT2D eigenvalue weighted by Gasteiger charge is 2.41. The van der Waals surface area contributed by atoms with Crippen LogP contribution in [0.25, 0.3) is 10.9 Å². The lowest BCUT2D eigenvalue weighted by atomic mass is 10.2. The first-order valence-electron chi connectivity index (χ1n) is 9.06. The molecule has 0 saturated heterocycles. The lowest BCUT2D eigenvalue weighted by Gasteiger charge is -2.17. The first-order chi connectivity index (χ1) is 14.2. The van der Waals surface area contributed by atoms with E-state index >= 15 is 0 Å². The van der Waals surface area contributed by atoms with Gasteiger partial charge < -0.3 is 10.1 Å². The number of pyridine rings is 2. The first kappa shape index (κ1) is 21.5. The molecule has 0 saturated carbocycles. The van der Waals surface area contributed by atoms with Crippen molar-refractivity contribution >= 4 is 16.8 Å². The van der Waals surface area contributed by atoms with E-state index < -0.39 is 19.0 Å². The summed E-state index contributed by atoms with van der Waals surface area (Å²) < 4.78 is 56.9. The number of hydrogen-bond donors (Lipinski definition) is 1. The predicted molar refractivity (Wildman–Crippen MR) is 100 cm³/mol. The van der Waals surface area contributed by atoms with E-state index in [2.05, 4.69) is 20.4 Å². The zero-order valence-electron chi connectivity index (χ0n) is 16.2. The third-order valence-electron chi connectivity index (χ3n) is 4.22. The van der Waals surface area contributed by atoms with E-state index in [1.54, 1.807) is 36.9 Å². The van der Waals surface area contributed by atoms with Gasteiger partial charge in [-0.1, -0.05) is 0 Å². The molecule has 1 N–H and O–H groups in total. The fourth-order valence-electron chi connectivity index (χ4n) is 2.74. The molecule has 11 heteroatoms. The summed E-state index contributed by atoms with van der Waals surface area (Å²) in [6.45, 7) is 2.66. The largest absolute Gasteiger partial charge is 0.485 e. The van der Waals surface area contributed by atoms with Gasteiger partial charge in [-0.25, -0.2) is 8.78 Å². The summed E-state index contributed by atoms with van der Waals surface area (Å²) in [5.74, 6) is -4.55. The molecule has 0 aliphatic rings. The second-order valence-corrected chi connectivity index (χ2v) is 6.57. The maximum absolute atomic E-state index is 13.0. The summed E-state index contributed by atoms with van der Waals surface area (Å²) in [4.78, 5) is 20.4. The quantitative estimate of drug-likeness (QED) is 0.561. The zero-order chi connectivity index (χ0) is 21.9. The molecule has 0 spiro atoms. The van der Waals surface area contributed by atoms with Gasteiger partial charge in [0, 0.05) is 18.9 Å². The van der Waals surface area contributed by atoms with Gasteiger partial charge in [0.1, 0.15) is 11.4 Å². The van der Waals surface area contributed by atoms with Crippen LogP contribution in [0.5, 0.6) is 5.75 Å². The molecule has 0 fully saturated rings. The van der Waals surface area contributed by atoms with E-state index in [1.165, 1.54) is 12.4 Å². The first-order valence-corrected chi connectivity index (χ1v) is 9.06. The van der Waals surface area contributed by atoms with Gasteiger partial charge in [-0.2, -0.15) is 13.9 Å². The maximum atomic E-state index is 13.0. The van der Waals surface area contributed by atoms with Crippen molar-refractivity contribution in [2.45, 2.75) is 32.7 Å². The number of hydrogen-bond acceptors (Lipinski definition) is 5. The Labute approximate surface area is 169 Å². The fraction of sp³-hybridized carbons (Fsp3) is 0.368. The Morgan fingerprint density at radius 2 is 2.10 bits per heavy atom. The number of amides is 1. The number of carbonyl (C=O) groups is 1. The summed E-state index contributed by atoms with van der Waals surface area (Å²) in [6, 6.07) is 3.26. The number of halogens is 4. The van der Waals surface area contributed by atoms with Crippen LogP contribution < -0.4 is 10.1 Å². The Balaban J connectivity index is 1.77. The zero-order valence-corrected chi connectivity index (χ0v) is 16.2. The standard InChI is InChI=1S/C19H19F4N5O2/c1-3-24-17(29)16-13-9-28(27-14(13)4-5-25-16)8-12-6-11(2)15(7-26-12)30-10-19(22,23)18(20)21/h4-7,9,18H,3,8,10H2,1-2H3,(H,24,29). The average Bonchev–Trinajstić information content (AvgIpc) is 3.09. The minimum absolute atomic E-state index is 0.00701. The molecule has 7 nitrogen and oxygen atoms in total. The minimum Gasteiger partial charge on any atom is -0.485 e. The molecule has 0 aromatic carbocycles. The number of rotatable bonds is 8. The highest BCUT2D eigenvalue weighted by Crippen LogP contribution is 2.26. The molecule has 0 radical (unpaired) electrons. The molecule has 30 heavy (non-hydrogen) atoms. The van der Waals surface area contributed by atoms with Crippen LogP contribution in [0.15, 0.2) is 30.7 Å². The summed E-state index contributed by atoms with van der Waals surface area (Å²) in [5.41, 5.74) is 1.85. The molecule has 0 aliphatic heterocycles. The highest BCUT2D eigenvalue weighted by atomic mass is 19.3. The van der Waals surface area contributed by atoms with Crippen molar-refractivity contribution in [2.75, 3.05) is 13.2 Å². The fourth-order valence-corrected chi connectivity index (χ4v) is 2.74. The van der Waals surface area contributed by atoms with Gasteiger partial charge in [-0.3, -0.25) is 19.4 Å². The van der Waals surface area contributed by atoms with Crippen molar-refractivity contribution in [1.82, 2.24) is 25.1 Å². The van der Waals surface area contributed by atoms with Crippen LogP contribution in [0, 0.1) is 6.92 Å². The molecule has 1 amide bonds. The van der Waals surface area contributed by atoms with Crippen molar-refractivity contribution in [2.24, 2.45) is 0 Å². The average molecular weight is 425 g/mol. The SMILES string of the molecule is CCNC(=O)c1nccc2nn(Cc3cc(C)c(OCC(F)(F)C(F)F)cn3)cc12. The van der Waals surface area contributed by atoms with E-state index in [-0.39, 0.29) is 23.9 Å². The molecule has 3 aromatic heterocycles. The van der Waals surface area contributed by atoms with Crippen molar-refractivity contribution < 1.29 is 27.1 Å². The second-order valence-electron chi connectivity index (χ2n) is 6.57. The molecule has 3 heterocycles. The molecule has 0 bridgehead atoms. The number of alkyl halides is 4. The van der Waals surface area contributed by atoms with Crippen LogP contribution >= 0.6 is 0 Å². The van der Waals surface area contributed by atoms with Crippen molar-refractivity contribution in [3.8, 4) is 5.75 Å². The molecular formula is C19H19F4N5O2. The van der Waals surface area contributed by atoms with Crippen LogP contribution in [0.4, 0.5) is 17.6 Å².